The predicted octanol–water partition coefficient (Wildman–Crippen LogP) is 4.26. The first-order valence-electron chi connectivity index (χ1n) is 11.3. The number of aromatic nitrogens is 2. The zero-order valence-electron chi connectivity index (χ0n) is 19.4. The lowest BCUT2D eigenvalue weighted by Gasteiger charge is -2.26. The van der Waals surface area contributed by atoms with Gasteiger partial charge in [0.2, 0.25) is 10.0 Å². The highest BCUT2D eigenvalue weighted by molar-refractivity contribution is 7.89. The Morgan fingerprint density at radius 2 is 1.79 bits per heavy atom. The van der Waals surface area contributed by atoms with Crippen LogP contribution in [0, 0.1) is 6.92 Å². The molecule has 0 spiro atoms. The summed E-state index contributed by atoms with van der Waals surface area (Å²) in [5.41, 5.74) is 1.38. The SMILES string of the molecule is Cc1noc(-c2ccc(C(=O)Nc3cc(S(=O)(=O)N4CCCCC4)ccc3OC(C)C)cc2)n1. The van der Waals surface area contributed by atoms with Gasteiger partial charge in [-0.2, -0.15) is 9.29 Å². The van der Waals surface area contributed by atoms with E-state index in [2.05, 4.69) is 15.5 Å². The van der Waals surface area contributed by atoms with Gasteiger partial charge >= 0.3 is 0 Å². The van der Waals surface area contributed by atoms with Gasteiger partial charge < -0.3 is 14.6 Å². The Kier molecular flexibility index (Phi) is 6.99. The maximum absolute atomic E-state index is 13.2. The number of benzene rings is 2. The Balaban J connectivity index is 1.60. The van der Waals surface area contributed by atoms with Crippen LogP contribution in [0.2, 0.25) is 0 Å². The van der Waals surface area contributed by atoms with E-state index in [1.165, 1.54) is 16.4 Å². The van der Waals surface area contributed by atoms with E-state index in [-0.39, 0.29) is 11.0 Å². The van der Waals surface area contributed by atoms with Gasteiger partial charge in [0.15, 0.2) is 5.82 Å². The third-order valence-electron chi connectivity index (χ3n) is 5.44. The van der Waals surface area contributed by atoms with Gasteiger partial charge in [0.25, 0.3) is 11.8 Å². The highest BCUT2D eigenvalue weighted by Gasteiger charge is 2.27. The average molecular weight is 485 g/mol. The van der Waals surface area contributed by atoms with Crippen molar-refractivity contribution in [3.63, 3.8) is 0 Å². The van der Waals surface area contributed by atoms with Crippen molar-refractivity contribution >= 4 is 21.6 Å². The van der Waals surface area contributed by atoms with Gasteiger partial charge in [0.1, 0.15) is 5.75 Å². The number of nitrogens with one attached hydrogen (secondary N) is 1. The van der Waals surface area contributed by atoms with Gasteiger partial charge in [-0.1, -0.05) is 11.6 Å². The summed E-state index contributed by atoms with van der Waals surface area (Å²) in [6, 6.07) is 11.3. The van der Waals surface area contributed by atoms with Crippen molar-refractivity contribution in [3.8, 4) is 17.2 Å². The van der Waals surface area contributed by atoms with Crippen molar-refractivity contribution < 1.29 is 22.5 Å². The minimum Gasteiger partial charge on any atom is -0.489 e. The van der Waals surface area contributed by atoms with Gasteiger partial charge in [-0.05, 0) is 76.1 Å². The molecule has 9 nitrogen and oxygen atoms in total. The lowest BCUT2D eigenvalue weighted by molar-refractivity contribution is 0.102. The second-order valence-corrected chi connectivity index (χ2v) is 10.4. The summed E-state index contributed by atoms with van der Waals surface area (Å²) in [7, 11) is -3.66. The number of hydrogen-bond acceptors (Lipinski definition) is 7. The number of anilines is 1. The molecule has 0 radical (unpaired) electrons. The first-order valence-corrected chi connectivity index (χ1v) is 12.7. The smallest absolute Gasteiger partial charge is 0.257 e. The number of piperidine rings is 1. The maximum Gasteiger partial charge on any atom is 0.257 e. The van der Waals surface area contributed by atoms with Crippen molar-refractivity contribution in [2.45, 2.75) is 51.0 Å². The summed E-state index contributed by atoms with van der Waals surface area (Å²) < 4.78 is 38.8. The molecule has 1 aromatic heterocycles. The normalized spacial score (nSPS) is 14.8. The zero-order valence-corrected chi connectivity index (χ0v) is 20.3. The number of aryl methyl sites for hydroxylation is 1. The molecule has 1 fully saturated rings. The highest BCUT2D eigenvalue weighted by atomic mass is 32.2. The van der Waals surface area contributed by atoms with Crippen molar-refractivity contribution in [1.29, 1.82) is 0 Å². The third-order valence-corrected chi connectivity index (χ3v) is 7.33. The van der Waals surface area contributed by atoms with Crippen LogP contribution in [0.5, 0.6) is 5.75 Å². The predicted molar refractivity (Wildman–Crippen MR) is 127 cm³/mol. The molecular formula is C24H28N4O5S. The quantitative estimate of drug-likeness (QED) is 0.533. The number of rotatable bonds is 7. The molecule has 1 aliphatic heterocycles. The molecule has 1 amide bonds. The molecule has 2 heterocycles. The van der Waals surface area contributed by atoms with Crippen LogP contribution < -0.4 is 10.1 Å². The molecule has 1 aliphatic rings. The molecular weight excluding hydrogens is 456 g/mol. The Labute approximate surface area is 199 Å². The summed E-state index contributed by atoms with van der Waals surface area (Å²) in [4.78, 5) is 17.3. The van der Waals surface area contributed by atoms with E-state index in [4.69, 9.17) is 9.26 Å². The van der Waals surface area contributed by atoms with Gasteiger partial charge in [-0.25, -0.2) is 8.42 Å². The first-order chi connectivity index (χ1) is 16.2. The van der Waals surface area contributed by atoms with E-state index in [1.807, 2.05) is 13.8 Å². The molecule has 2 aromatic carbocycles. The van der Waals surface area contributed by atoms with E-state index in [9.17, 15) is 13.2 Å². The summed E-state index contributed by atoms with van der Waals surface area (Å²) in [6.07, 6.45) is 2.56. The molecule has 34 heavy (non-hydrogen) atoms. The summed E-state index contributed by atoms with van der Waals surface area (Å²) in [6.45, 7) is 6.45. The van der Waals surface area contributed by atoms with Crippen LogP contribution in [-0.4, -0.2) is 48.0 Å². The van der Waals surface area contributed by atoms with Crippen molar-refractivity contribution in [3.05, 3.63) is 53.9 Å². The van der Waals surface area contributed by atoms with Crippen molar-refractivity contribution in [2.75, 3.05) is 18.4 Å². The van der Waals surface area contributed by atoms with Crippen molar-refractivity contribution in [1.82, 2.24) is 14.4 Å². The van der Waals surface area contributed by atoms with Crippen LogP contribution in [0.15, 0.2) is 51.9 Å². The number of sulfonamides is 1. The number of carbonyl (C=O) groups is 1. The third kappa shape index (κ3) is 5.28. The monoisotopic (exact) mass is 484 g/mol. The van der Waals surface area contributed by atoms with Crippen LogP contribution in [0.25, 0.3) is 11.5 Å². The van der Waals surface area contributed by atoms with Gasteiger partial charge in [0.05, 0.1) is 16.7 Å². The first kappa shape index (κ1) is 23.9. The molecule has 3 aromatic rings. The Morgan fingerprint density at radius 1 is 1.09 bits per heavy atom. The van der Waals surface area contributed by atoms with Crippen LogP contribution >= 0.6 is 0 Å². The van der Waals surface area contributed by atoms with E-state index in [0.29, 0.717) is 47.4 Å². The molecule has 1 N–H and O–H groups in total. The fraction of sp³-hybridized carbons (Fsp3) is 0.375. The fourth-order valence-corrected chi connectivity index (χ4v) is 5.30. The second kappa shape index (κ2) is 9.94. The number of hydrogen-bond donors (Lipinski definition) is 1. The number of amides is 1. The lowest BCUT2D eigenvalue weighted by Crippen LogP contribution is -2.35. The summed E-state index contributed by atoms with van der Waals surface area (Å²) in [5.74, 6) is 0.898. The van der Waals surface area contributed by atoms with E-state index < -0.39 is 15.9 Å². The number of carbonyl (C=O) groups excluding carboxylic acids is 1. The van der Waals surface area contributed by atoms with Gasteiger partial charge in [0, 0.05) is 24.2 Å². The molecule has 180 valence electrons. The summed E-state index contributed by atoms with van der Waals surface area (Å²) >= 11 is 0. The van der Waals surface area contributed by atoms with Crippen LogP contribution in [0.1, 0.15) is 49.3 Å². The molecule has 0 bridgehead atoms. The Hall–Kier alpha value is -3.24. The Morgan fingerprint density at radius 3 is 2.41 bits per heavy atom. The van der Waals surface area contributed by atoms with Crippen LogP contribution in [0.3, 0.4) is 0 Å². The number of ether oxygens (including phenoxy) is 1. The molecule has 0 unspecified atom stereocenters. The molecule has 0 saturated carbocycles. The zero-order chi connectivity index (χ0) is 24.3. The van der Waals surface area contributed by atoms with E-state index >= 15 is 0 Å². The standard InChI is InChI=1S/C24H28N4O5S/c1-16(2)32-22-12-11-20(34(30,31)28-13-5-4-6-14-28)15-21(22)26-23(29)18-7-9-19(10-8-18)24-25-17(3)27-33-24/h7-12,15-16H,4-6,13-14H2,1-3H3,(H,26,29). The fourth-order valence-electron chi connectivity index (χ4n) is 3.75. The van der Waals surface area contributed by atoms with Gasteiger partial charge in [-0.15, -0.1) is 0 Å². The van der Waals surface area contributed by atoms with E-state index in [1.54, 1.807) is 37.3 Å². The topological polar surface area (TPSA) is 115 Å². The van der Waals surface area contributed by atoms with E-state index in [0.717, 1.165) is 19.3 Å². The lowest BCUT2D eigenvalue weighted by atomic mass is 10.1. The highest BCUT2D eigenvalue weighted by Crippen LogP contribution is 2.31. The maximum atomic E-state index is 13.2. The summed E-state index contributed by atoms with van der Waals surface area (Å²) in [5, 5.41) is 6.58. The molecule has 0 aliphatic carbocycles. The number of nitrogens with zero attached hydrogens (tertiary/aromatic N) is 3. The minimum atomic E-state index is -3.66. The molecule has 0 atom stereocenters. The molecule has 4 rings (SSSR count). The van der Waals surface area contributed by atoms with Crippen molar-refractivity contribution in [2.24, 2.45) is 0 Å². The molecule has 1 saturated heterocycles. The molecule has 10 heteroatoms. The van der Waals surface area contributed by atoms with Crippen LogP contribution in [-0.2, 0) is 10.0 Å². The largest absolute Gasteiger partial charge is 0.489 e. The average Bonchev–Trinajstić information content (AvgIpc) is 3.26. The second-order valence-electron chi connectivity index (χ2n) is 8.47. The minimum absolute atomic E-state index is 0.128. The van der Waals surface area contributed by atoms with Crippen LogP contribution in [0.4, 0.5) is 5.69 Å². The van der Waals surface area contributed by atoms with Gasteiger partial charge in [-0.3, -0.25) is 4.79 Å². The Bertz CT molecular complexity index is 1260.